The molecule has 2 aromatic carbocycles. The van der Waals surface area contributed by atoms with Crippen LogP contribution in [0.4, 0.5) is 11.4 Å². The standard InChI is InChI=1S/C25H30N2O2/c1-2-18-17-21(9-12-23(18)26-14-3-4-15-26)27-16-13-24(25(27)28)29-22-10-7-20(8-11-22)19-5-6-19/h7-12,17,19,24H,2-6,13-16H2,1H3/t24-/m0/s1. The minimum atomic E-state index is -0.384. The second-order valence-corrected chi connectivity index (χ2v) is 8.59. The molecule has 0 unspecified atom stereocenters. The van der Waals surface area contributed by atoms with Crippen molar-refractivity contribution in [1.29, 1.82) is 0 Å². The highest BCUT2D eigenvalue weighted by atomic mass is 16.5. The van der Waals surface area contributed by atoms with Crippen molar-refractivity contribution < 1.29 is 9.53 Å². The average molecular weight is 391 g/mol. The summed E-state index contributed by atoms with van der Waals surface area (Å²) in [5.41, 5.74) is 5.06. The van der Waals surface area contributed by atoms with E-state index in [1.165, 1.54) is 42.5 Å². The van der Waals surface area contributed by atoms with Crippen LogP contribution >= 0.6 is 0 Å². The fraction of sp³-hybridized carbons (Fsp3) is 0.480. The van der Waals surface area contributed by atoms with Gasteiger partial charge in [0, 0.05) is 37.4 Å². The summed E-state index contributed by atoms with van der Waals surface area (Å²) >= 11 is 0. The highest BCUT2D eigenvalue weighted by Gasteiger charge is 2.35. The molecule has 0 bridgehead atoms. The predicted molar refractivity (Wildman–Crippen MR) is 117 cm³/mol. The van der Waals surface area contributed by atoms with Crippen molar-refractivity contribution in [1.82, 2.24) is 0 Å². The third-order valence-electron chi connectivity index (χ3n) is 6.57. The molecule has 2 heterocycles. The maximum atomic E-state index is 13.0. The van der Waals surface area contributed by atoms with Crippen molar-refractivity contribution in [2.75, 3.05) is 29.4 Å². The summed E-state index contributed by atoms with van der Waals surface area (Å²) < 4.78 is 6.06. The Hall–Kier alpha value is -2.49. The van der Waals surface area contributed by atoms with Gasteiger partial charge in [0.25, 0.3) is 5.91 Å². The van der Waals surface area contributed by atoms with Crippen molar-refractivity contribution in [2.45, 2.75) is 57.5 Å². The number of hydrogen-bond acceptors (Lipinski definition) is 3. The fourth-order valence-corrected chi connectivity index (χ4v) is 4.71. The molecule has 0 spiro atoms. The van der Waals surface area contributed by atoms with Gasteiger partial charge < -0.3 is 14.5 Å². The largest absolute Gasteiger partial charge is 0.481 e. The normalized spacial score (nSPS) is 21.8. The highest BCUT2D eigenvalue weighted by molar-refractivity contribution is 5.99. The van der Waals surface area contributed by atoms with Gasteiger partial charge in [-0.05, 0) is 79.5 Å². The SMILES string of the molecule is CCc1cc(N2CC[C@H](Oc3ccc(C4CC4)cc3)C2=O)ccc1N1CCCC1. The van der Waals surface area contributed by atoms with E-state index < -0.39 is 0 Å². The van der Waals surface area contributed by atoms with Gasteiger partial charge in [-0.15, -0.1) is 0 Å². The summed E-state index contributed by atoms with van der Waals surface area (Å²) in [5, 5.41) is 0. The predicted octanol–water partition coefficient (Wildman–Crippen LogP) is 4.91. The molecule has 29 heavy (non-hydrogen) atoms. The molecule has 0 aromatic heterocycles. The third kappa shape index (κ3) is 3.73. The van der Waals surface area contributed by atoms with Crippen LogP contribution < -0.4 is 14.5 Å². The fourth-order valence-electron chi connectivity index (χ4n) is 4.71. The highest BCUT2D eigenvalue weighted by Crippen LogP contribution is 2.40. The van der Waals surface area contributed by atoms with E-state index in [1.54, 1.807) is 0 Å². The summed E-state index contributed by atoms with van der Waals surface area (Å²) in [6.45, 7) is 5.20. The molecule has 3 aliphatic rings. The van der Waals surface area contributed by atoms with Crippen molar-refractivity contribution in [3.8, 4) is 5.75 Å². The minimum absolute atomic E-state index is 0.0762. The first-order valence-corrected chi connectivity index (χ1v) is 11.2. The van der Waals surface area contributed by atoms with Gasteiger partial charge in [0.15, 0.2) is 6.10 Å². The number of nitrogens with zero attached hydrogens (tertiary/aromatic N) is 2. The van der Waals surface area contributed by atoms with Crippen molar-refractivity contribution in [3.63, 3.8) is 0 Å². The van der Waals surface area contributed by atoms with Gasteiger partial charge in [0.05, 0.1) is 0 Å². The molecule has 1 aliphatic carbocycles. The van der Waals surface area contributed by atoms with Gasteiger partial charge in [-0.1, -0.05) is 19.1 Å². The average Bonchev–Trinajstić information content (AvgIpc) is 3.34. The van der Waals surface area contributed by atoms with Crippen LogP contribution in [0.3, 0.4) is 0 Å². The van der Waals surface area contributed by atoms with Gasteiger partial charge >= 0.3 is 0 Å². The zero-order chi connectivity index (χ0) is 19.8. The van der Waals surface area contributed by atoms with Crippen molar-refractivity contribution >= 4 is 17.3 Å². The molecule has 2 aliphatic heterocycles. The molecular formula is C25H30N2O2. The molecule has 1 saturated carbocycles. The molecule has 0 radical (unpaired) electrons. The quantitative estimate of drug-likeness (QED) is 0.702. The van der Waals surface area contributed by atoms with Gasteiger partial charge in [-0.3, -0.25) is 4.79 Å². The number of carbonyl (C=O) groups is 1. The number of anilines is 2. The molecule has 0 N–H and O–H groups in total. The van der Waals surface area contributed by atoms with E-state index in [4.69, 9.17) is 4.74 Å². The Morgan fingerprint density at radius 2 is 1.72 bits per heavy atom. The second-order valence-electron chi connectivity index (χ2n) is 8.59. The number of amides is 1. The van der Waals surface area contributed by atoms with Crippen LogP contribution in [0.5, 0.6) is 5.75 Å². The topological polar surface area (TPSA) is 32.8 Å². The van der Waals surface area contributed by atoms with E-state index in [2.05, 4.69) is 42.2 Å². The van der Waals surface area contributed by atoms with Crippen LogP contribution in [0.25, 0.3) is 0 Å². The molecule has 1 amide bonds. The number of hydrogen-bond donors (Lipinski definition) is 0. The Balaban J connectivity index is 1.28. The van der Waals surface area contributed by atoms with Gasteiger partial charge in [-0.2, -0.15) is 0 Å². The Labute approximate surface area is 173 Å². The number of benzene rings is 2. The lowest BCUT2D eigenvalue weighted by molar-refractivity contribution is -0.122. The molecule has 152 valence electrons. The number of aryl methyl sites for hydroxylation is 1. The summed E-state index contributed by atoms with van der Waals surface area (Å²) in [4.78, 5) is 17.4. The monoisotopic (exact) mass is 390 g/mol. The lowest BCUT2D eigenvalue weighted by Gasteiger charge is -2.24. The van der Waals surface area contributed by atoms with E-state index in [-0.39, 0.29) is 12.0 Å². The molecule has 1 atom stereocenters. The van der Waals surface area contributed by atoms with Crippen LogP contribution in [-0.4, -0.2) is 31.6 Å². The summed E-state index contributed by atoms with van der Waals surface area (Å²) in [6, 6.07) is 14.9. The van der Waals surface area contributed by atoms with E-state index in [1.807, 2.05) is 17.0 Å². The Bertz CT molecular complexity index is 882. The van der Waals surface area contributed by atoms with Crippen LogP contribution in [0.2, 0.25) is 0 Å². The van der Waals surface area contributed by atoms with E-state index in [9.17, 15) is 4.79 Å². The Kier molecular flexibility index (Phi) is 4.94. The van der Waals surface area contributed by atoms with Gasteiger partial charge in [0.2, 0.25) is 0 Å². The zero-order valence-corrected chi connectivity index (χ0v) is 17.3. The van der Waals surface area contributed by atoms with Crippen LogP contribution in [0, 0.1) is 0 Å². The van der Waals surface area contributed by atoms with Gasteiger partial charge in [-0.25, -0.2) is 0 Å². The molecular weight excluding hydrogens is 360 g/mol. The lowest BCUT2D eigenvalue weighted by atomic mass is 10.1. The summed E-state index contributed by atoms with van der Waals surface area (Å²) in [6.07, 6.45) is 6.48. The molecule has 2 aromatic rings. The summed E-state index contributed by atoms with van der Waals surface area (Å²) in [5.74, 6) is 1.62. The summed E-state index contributed by atoms with van der Waals surface area (Å²) in [7, 11) is 0. The molecule has 3 fully saturated rings. The molecule has 2 saturated heterocycles. The van der Waals surface area contributed by atoms with E-state index >= 15 is 0 Å². The van der Waals surface area contributed by atoms with Gasteiger partial charge in [0.1, 0.15) is 5.75 Å². The van der Waals surface area contributed by atoms with Crippen LogP contribution in [0.15, 0.2) is 42.5 Å². The van der Waals surface area contributed by atoms with E-state index in [0.29, 0.717) is 0 Å². The van der Waals surface area contributed by atoms with Crippen molar-refractivity contribution in [3.05, 3.63) is 53.6 Å². The first-order chi connectivity index (χ1) is 14.2. The number of ether oxygens (including phenoxy) is 1. The molecule has 4 nitrogen and oxygen atoms in total. The van der Waals surface area contributed by atoms with Crippen LogP contribution in [0.1, 0.15) is 56.1 Å². The Morgan fingerprint density at radius 3 is 2.41 bits per heavy atom. The molecule has 5 rings (SSSR count). The Morgan fingerprint density at radius 1 is 0.966 bits per heavy atom. The van der Waals surface area contributed by atoms with Crippen molar-refractivity contribution in [2.24, 2.45) is 0 Å². The molecule has 4 heteroatoms. The zero-order valence-electron chi connectivity index (χ0n) is 17.3. The first-order valence-electron chi connectivity index (χ1n) is 11.2. The third-order valence-corrected chi connectivity index (χ3v) is 6.57. The van der Waals surface area contributed by atoms with Crippen LogP contribution in [-0.2, 0) is 11.2 Å². The first kappa shape index (κ1) is 18.5. The van der Waals surface area contributed by atoms with E-state index in [0.717, 1.165) is 49.8 Å². The number of rotatable bonds is 6. The number of carbonyl (C=O) groups excluding carboxylic acids is 1. The maximum Gasteiger partial charge on any atom is 0.268 e. The minimum Gasteiger partial charge on any atom is -0.481 e. The second kappa shape index (κ2) is 7.74. The lowest BCUT2D eigenvalue weighted by Crippen LogP contribution is -2.32. The maximum absolute atomic E-state index is 13.0. The smallest absolute Gasteiger partial charge is 0.268 e.